The third kappa shape index (κ3) is 2.94. The smallest absolute Gasteiger partial charge is 0.324 e. The standard InChI is InChI=1S/C14H21N3O/c1-16(13-8-6-7-12(15)11-13)14(18)17-9-4-2-3-5-10-17/h6-8,11H,2-5,9-10,15H2,1H3. The van der Waals surface area contributed by atoms with Crippen molar-refractivity contribution in [3.63, 3.8) is 0 Å². The Labute approximate surface area is 108 Å². The number of nitrogens with zero attached hydrogens (tertiary/aromatic N) is 2. The molecule has 0 aromatic heterocycles. The second kappa shape index (κ2) is 5.76. The van der Waals surface area contributed by atoms with Crippen molar-refractivity contribution in [1.82, 2.24) is 4.90 Å². The van der Waals surface area contributed by atoms with Crippen molar-refractivity contribution in [3.8, 4) is 0 Å². The predicted octanol–water partition coefficient (Wildman–Crippen LogP) is 2.70. The first-order chi connectivity index (χ1) is 8.68. The van der Waals surface area contributed by atoms with Gasteiger partial charge in [-0.15, -0.1) is 0 Å². The lowest BCUT2D eigenvalue weighted by atomic mass is 10.2. The number of nitrogens with two attached hydrogens (primary N) is 1. The molecule has 2 rings (SSSR count). The topological polar surface area (TPSA) is 49.6 Å². The van der Waals surface area contributed by atoms with Crippen molar-refractivity contribution >= 4 is 17.4 Å². The highest BCUT2D eigenvalue weighted by Crippen LogP contribution is 2.19. The van der Waals surface area contributed by atoms with Gasteiger partial charge in [-0.05, 0) is 31.0 Å². The van der Waals surface area contributed by atoms with Crippen LogP contribution in [-0.2, 0) is 0 Å². The maximum absolute atomic E-state index is 12.4. The Morgan fingerprint density at radius 3 is 2.50 bits per heavy atom. The fraction of sp³-hybridized carbons (Fsp3) is 0.500. The summed E-state index contributed by atoms with van der Waals surface area (Å²) in [5, 5.41) is 0. The summed E-state index contributed by atoms with van der Waals surface area (Å²) in [7, 11) is 1.81. The van der Waals surface area contributed by atoms with E-state index in [1.165, 1.54) is 12.8 Å². The largest absolute Gasteiger partial charge is 0.399 e. The minimum absolute atomic E-state index is 0.0718. The lowest BCUT2D eigenvalue weighted by Crippen LogP contribution is -2.41. The van der Waals surface area contributed by atoms with E-state index in [9.17, 15) is 4.79 Å². The summed E-state index contributed by atoms with van der Waals surface area (Å²) in [4.78, 5) is 16.0. The third-order valence-electron chi connectivity index (χ3n) is 3.42. The van der Waals surface area contributed by atoms with Crippen LogP contribution in [0.15, 0.2) is 24.3 Å². The lowest BCUT2D eigenvalue weighted by molar-refractivity contribution is 0.208. The van der Waals surface area contributed by atoms with Gasteiger partial charge < -0.3 is 10.6 Å². The summed E-state index contributed by atoms with van der Waals surface area (Å²) in [5.41, 5.74) is 7.28. The van der Waals surface area contributed by atoms with Gasteiger partial charge in [0.15, 0.2) is 0 Å². The maximum Gasteiger partial charge on any atom is 0.324 e. The van der Waals surface area contributed by atoms with E-state index in [0.29, 0.717) is 5.69 Å². The number of amides is 2. The number of anilines is 2. The first-order valence-electron chi connectivity index (χ1n) is 6.56. The van der Waals surface area contributed by atoms with Crippen LogP contribution < -0.4 is 10.6 Å². The Bertz CT molecular complexity index is 411. The number of likely N-dealkylation sites (tertiary alicyclic amines) is 1. The van der Waals surface area contributed by atoms with Crippen molar-refractivity contribution in [1.29, 1.82) is 0 Å². The van der Waals surface area contributed by atoms with Crippen LogP contribution in [0.2, 0.25) is 0 Å². The van der Waals surface area contributed by atoms with Gasteiger partial charge in [-0.2, -0.15) is 0 Å². The molecule has 18 heavy (non-hydrogen) atoms. The molecule has 0 radical (unpaired) electrons. The molecule has 4 heteroatoms. The molecule has 0 saturated carbocycles. The quantitative estimate of drug-likeness (QED) is 0.776. The first kappa shape index (κ1) is 12.7. The van der Waals surface area contributed by atoms with E-state index < -0.39 is 0 Å². The molecule has 1 aliphatic heterocycles. The summed E-state index contributed by atoms with van der Waals surface area (Å²) in [5.74, 6) is 0. The number of rotatable bonds is 1. The van der Waals surface area contributed by atoms with Crippen LogP contribution in [0.3, 0.4) is 0 Å². The number of nitrogen functional groups attached to an aromatic ring is 1. The van der Waals surface area contributed by atoms with Crippen LogP contribution in [0, 0.1) is 0 Å². The van der Waals surface area contributed by atoms with E-state index in [-0.39, 0.29) is 6.03 Å². The zero-order chi connectivity index (χ0) is 13.0. The molecular formula is C14H21N3O. The Morgan fingerprint density at radius 1 is 1.22 bits per heavy atom. The molecule has 0 spiro atoms. The molecule has 1 fully saturated rings. The van der Waals surface area contributed by atoms with E-state index in [1.807, 2.05) is 36.2 Å². The second-order valence-corrected chi connectivity index (χ2v) is 4.84. The molecule has 4 nitrogen and oxygen atoms in total. The van der Waals surface area contributed by atoms with Crippen molar-refractivity contribution in [2.45, 2.75) is 25.7 Å². The molecule has 0 unspecified atom stereocenters. The van der Waals surface area contributed by atoms with E-state index in [0.717, 1.165) is 31.6 Å². The number of hydrogen-bond donors (Lipinski definition) is 1. The lowest BCUT2D eigenvalue weighted by Gasteiger charge is -2.27. The van der Waals surface area contributed by atoms with Gasteiger partial charge in [-0.25, -0.2) is 4.79 Å². The van der Waals surface area contributed by atoms with Crippen molar-refractivity contribution in [2.24, 2.45) is 0 Å². The van der Waals surface area contributed by atoms with E-state index in [2.05, 4.69) is 0 Å². The van der Waals surface area contributed by atoms with Crippen LogP contribution in [0.25, 0.3) is 0 Å². The van der Waals surface area contributed by atoms with Gasteiger partial charge in [0, 0.05) is 31.5 Å². The highest BCUT2D eigenvalue weighted by Gasteiger charge is 2.20. The molecule has 0 aliphatic carbocycles. The van der Waals surface area contributed by atoms with Gasteiger partial charge in [0.1, 0.15) is 0 Å². The Hall–Kier alpha value is -1.71. The molecule has 1 heterocycles. The summed E-state index contributed by atoms with van der Waals surface area (Å²) in [6, 6.07) is 7.51. The van der Waals surface area contributed by atoms with Gasteiger partial charge >= 0.3 is 6.03 Å². The molecule has 0 bridgehead atoms. The van der Waals surface area contributed by atoms with E-state index in [1.54, 1.807) is 4.90 Å². The van der Waals surface area contributed by atoms with Crippen molar-refractivity contribution in [3.05, 3.63) is 24.3 Å². The fourth-order valence-electron chi connectivity index (χ4n) is 2.32. The highest BCUT2D eigenvalue weighted by molar-refractivity contribution is 5.91. The number of carbonyl (C=O) groups is 1. The zero-order valence-electron chi connectivity index (χ0n) is 10.9. The number of urea groups is 1. The predicted molar refractivity (Wildman–Crippen MR) is 74.7 cm³/mol. The van der Waals surface area contributed by atoms with E-state index in [4.69, 9.17) is 5.73 Å². The van der Waals surface area contributed by atoms with Crippen molar-refractivity contribution < 1.29 is 4.79 Å². The molecular weight excluding hydrogens is 226 g/mol. The molecule has 2 N–H and O–H groups in total. The number of benzene rings is 1. The molecule has 1 saturated heterocycles. The fourth-order valence-corrected chi connectivity index (χ4v) is 2.32. The summed E-state index contributed by atoms with van der Waals surface area (Å²) in [6.07, 6.45) is 4.67. The van der Waals surface area contributed by atoms with Gasteiger partial charge in [0.05, 0.1) is 0 Å². The van der Waals surface area contributed by atoms with Gasteiger partial charge in [0.2, 0.25) is 0 Å². The summed E-state index contributed by atoms with van der Waals surface area (Å²) in [6.45, 7) is 1.73. The van der Waals surface area contributed by atoms with Crippen LogP contribution in [0.5, 0.6) is 0 Å². The monoisotopic (exact) mass is 247 g/mol. The molecule has 1 aromatic rings. The third-order valence-corrected chi connectivity index (χ3v) is 3.42. The first-order valence-corrected chi connectivity index (χ1v) is 6.56. The van der Waals surface area contributed by atoms with Gasteiger partial charge in [-0.1, -0.05) is 18.9 Å². The van der Waals surface area contributed by atoms with Crippen molar-refractivity contribution in [2.75, 3.05) is 30.8 Å². The Balaban J connectivity index is 2.07. The van der Waals surface area contributed by atoms with Crippen LogP contribution in [0.4, 0.5) is 16.2 Å². The average molecular weight is 247 g/mol. The van der Waals surface area contributed by atoms with E-state index >= 15 is 0 Å². The number of hydrogen-bond acceptors (Lipinski definition) is 2. The van der Waals surface area contributed by atoms with Crippen LogP contribution in [-0.4, -0.2) is 31.1 Å². The molecule has 0 atom stereocenters. The Morgan fingerprint density at radius 2 is 1.89 bits per heavy atom. The summed E-state index contributed by atoms with van der Waals surface area (Å²) >= 11 is 0. The van der Waals surface area contributed by atoms with Crippen LogP contribution >= 0.6 is 0 Å². The maximum atomic E-state index is 12.4. The average Bonchev–Trinajstić information content (AvgIpc) is 2.66. The second-order valence-electron chi connectivity index (χ2n) is 4.84. The molecule has 2 amide bonds. The SMILES string of the molecule is CN(C(=O)N1CCCCCC1)c1cccc(N)c1. The minimum Gasteiger partial charge on any atom is -0.399 e. The van der Waals surface area contributed by atoms with Crippen LogP contribution in [0.1, 0.15) is 25.7 Å². The van der Waals surface area contributed by atoms with Gasteiger partial charge in [0.25, 0.3) is 0 Å². The summed E-state index contributed by atoms with van der Waals surface area (Å²) < 4.78 is 0. The molecule has 98 valence electrons. The molecule has 1 aliphatic rings. The minimum atomic E-state index is 0.0718. The Kier molecular flexibility index (Phi) is 4.07. The van der Waals surface area contributed by atoms with Gasteiger partial charge in [-0.3, -0.25) is 4.90 Å². The normalized spacial score (nSPS) is 16.2. The molecule has 1 aromatic carbocycles. The highest BCUT2D eigenvalue weighted by atomic mass is 16.2. The zero-order valence-corrected chi connectivity index (χ0v) is 10.9. The number of carbonyl (C=O) groups excluding carboxylic acids is 1.